The molecule has 3 rings (SSSR count). The molecule has 1 heterocycles. The molecule has 0 aliphatic heterocycles. The summed E-state index contributed by atoms with van der Waals surface area (Å²) in [6.07, 6.45) is 2.23. The van der Waals surface area contributed by atoms with E-state index >= 15 is 0 Å². The van der Waals surface area contributed by atoms with Crippen molar-refractivity contribution in [2.45, 2.75) is 38.2 Å². The van der Waals surface area contributed by atoms with Crippen molar-refractivity contribution >= 4 is 21.4 Å². The van der Waals surface area contributed by atoms with Gasteiger partial charge in [0.2, 0.25) is 15.9 Å². The molecule has 1 fully saturated rings. The first-order valence-electron chi connectivity index (χ1n) is 8.62. The van der Waals surface area contributed by atoms with E-state index in [2.05, 4.69) is 9.71 Å². The van der Waals surface area contributed by atoms with Gasteiger partial charge in [-0.15, -0.1) is 11.3 Å². The molecule has 1 aliphatic carbocycles. The third-order valence-corrected chi connectivity index (χ3v) is 6.20. The zero-order valence-electron chi connectivity index (χ0n) is 15.1. The highest BCUT2D eigenvalue weighted by atomic mass is 32.2. The summed E-state index contributed by atoms with van der Waals surface area (Å²) in [5.41, 5.74) is 0.960. The molecule has 148 valence electrons. The molecule has 2 aromatic rings. The number of nitrogens with one attached hydrogen (secondary N) is 1. The maximum atomic E-state index is 13.8. The number of sulfonamides is 1. The Morgan fingerprint density at radius 2 is 2.04 bits per heavy atom. The lowest BCUT2D eigenvalue weighted by Crippen LogP contribution is -2.48. The Morgan fingerprint density at radius 3 is 2.63 bits per heavy atom. The molecule has 1 N–H and O–H groups in total. The minimum Gasteiger partial charge on any atom is -0.493 e. The first-order valence-corrected chi connectivity index (χ1v) is 11.3. The highest BCUT2D eigenvalue weighted by Crippen LogP contribution is 2.37. The van der Waals surface area contributed by atoms with Gasteiger partial charge in [0.15, 0.2) is 0 Å². The molecule has 0 amide bonds. The number of thiazole rings is 1. The molecular formula is C18H22F2N2O3S2. The van der Waals surface area contributed by atoms with Crippen LogP contribution in [0.15, 0.2) is 30.5 Å². The summed E-state index contributed by atoms with van der Waals surface area (Å²) in [6, 6.07) is 6.74. The van der Waals surface area contributed by atoms with Gasteiger partial charge in [0.05, 0.1) is 12.9 Å². The molecule has 5 nitrogen and oxygen atoms in total. The summed E-state index contributed by atoms with van der Waals surface area (Å²) in [6.45, 7) is 2.01. The molecule has 1 saturated carbocycles. The average Bonchev–Trinajstić information content (AvgIpc) is 3.01. The Bertz CT molecular complexity index is 882. The minimum atomic E-state index is -3.47. The van der Waals surface area contributed by atoms with E-state index in [1.54, 1.807) is 23.5 Å². The van der Waals surface area contributed by atoms with Crippen molar-refractivity contribution < 1.29 is 21.9 Å². The largest absolute Gasteiger partial charge is 0.493 e. The van der Waals surface area contributed by atoms with Crippen molar-refractivity contribution in [3.63, 3.8) is 0 Å². The lowest BCUT2D eigenvalue weighted by molar-refractivity contribution is -0.0660. The van der Waals surface area contributed by atoms with Gasteiger partial charge >= 0.3 is 0 Å². The van der Waals surface area contributed by atoms with Gasteiger partial charge in [0, 0.05) is 41.4 Å². The van der Waals surface area contributed by atoms with E-state index in [0.717, 1.165) is 21.7 Å². The van der Waals surface area contributed by atoms with E-state index in [1.165, 1.54) is 0 Å². The van der Waals surface area contributed by atoms with Crippen LogP contribution >= 0.6 is 11.3 Å². The minimum absolute atomic E-state index is 0.0263. The van der Waals surface area contributed by atoms with Crippen molar-refractivity contribution in [1.82, 2.24) is 9.71 Å². The predicted molar refractivity (Wildman–Crippen MR) is 102 cm³/mol. The van der Waals surface area contributed by atoms with E-state index < -0.39 is 34.3 Å². The van der Waals surface area contributed by atoms with Gasteiger partial charge in [-0.25, -0.2) is 26.9 Å². The van der Waals surface area contributed by atoms with Crippen LogP contribution in [0.2, 0.25) is 0 Å². The van der Waals surface area contributed by atoms with Crippen LogP contribution in [0.25, 0.3) is 10.6 Å². The first kappa shape index (κ1) is 20.2. The Labute approximate surface area is 161 Å². The lowest BCUT2D eigenvalue weighted by Gasteiger charge is -2.35. The molecule has 1 aromatic heterocycles. The van der Waals surface area contributed by atoms with Gasteiger partial charge in [0.1, 0.15) is 10.8 Å². The molecule has 2 atom stereocenters. The number of alkyl halides is 2. The topological polar surface area (TPSA) is 68.3 Å². The van der Waals surface area contributed by atoms with Crippen molar-refractivity contribution in [3.8, 4) is 16.3 Å². The Balaban J connectivity index is 1.65. The Morgan fingerprint density at radius 1 is 1.33 bits per heavy atom. The van der Waals surface area contributed by atoms with Crippen molar-refractivity contribution in [3.05, 3.63) is 35.3 Å². The number of hydrogen-bond acceptors (Lipinski definition) is 5. The highest BCUT2D eigenvalue weighted by molar-refractivity contribution is 7.88. The molecular weight excluding hydrogens is 394 g/mol. The second-order valence-corrected chi connectivity index (χ2v) is 9.98. The summed E-state index contributed by atoms with van der Waals surface area (Å²) in [7, 11) is -3.47. The van der Waals surface area contributed by atoms with Crippen LogP contribution in [-0.2, 0) is 10.0 Å². The van der Waals surface area contributed by atoms with Crippen molar-refractivity contribution in [2.75, 3.05) is 12.9 Å². The zero-order valence-corrected chi connectivity index (χ0v) is 16.7. The third-order valence-electron chi connectivity index (χ3n) is 4.50. The zero-order chi connectivity index (χ0) is 19.7. The third kappa shape index (κ3) is 5.70. The maximum absolute atomic E-state index is 13.8. The lowest BCUT2D eigenvalue weighted by atomic mass is 9.83. The van der Waals surface area contributed by atoms with Gasteiger partial charge in [-0.05, 0) is 37.6 Å². The van der Waals surface area contributed by atoms with Gasteiger partial charge in [0.25, 0.3) is 0 Å². The number of aryl methyl sites for hydroxylation is 1. The van der Waals surface area contributed by atoms with Gasteiger partial charge in [-0.3, -0.25) is 0 Å². The number of halogens is 2. The van der Waals surface area contributed by atoms with E-state index in [9.17, 15) is 17.2 Å². The van der Waals surface area contributed by atoms with Crippen LogP contribution in [0, 0.1) is 12.8 Å². The first-order chi connectivity index (χ1) is 12.6. The van der Waals surface area contributed by atoms with Gasteiger partial charge in [-0.1, -0.05) is 0 Å². The van der Waals surface area contributed by atoms with Crippen LogP contribution < -0.4 is 9.46 Å². The van der Waals surface area contributed by atoms with E-state index in [0.29, 0.717) is 5.75 Å². The fraction of sp³-hybridized carbons (Fsp3) is 0.500. The number of hydrogen-bond donors (Lipinski definition) is 1. The molecule has 0 unspecified atom stereocenters. The Kier molecular flexibility index (Phi) is 5.83. The van der Waals surface area contributed by atoms with Gasteiger partial charge < -0.3 is 4.74 Å². The average molecular weight is 417 g/mol. The summed E-state index contributed by atoms with van der Waals surface area (Å²) >= 11 is 1.59. The number of nitrogens with zero attached hydrogens (tertiary/aromatic N) is 1. The summed E-state index contributed by atoms with van der Waals surface area (Å²) < 4.78 is 58.8. The van der Waals surface area contributed by atoms with Gasteiger partial charge in [-0.2, -0.15) is 0 Å². The van der Waals surface area contributed by atoms with E-state index in [1.807, 2.05) is 25.3 Å². The molecule has 0 spiro atoms. The van der Waals surface area contributed by atoms with Crippen LogP contribution in [-0.4, -0.2) is 38.2 Å². The summed E-state index contributed by atoms with van der Waals surface area (Å²) in [4.78, 5) is 5.44. The van der Waals surface area contributed by atoms with Crippen LogP contribution in [0.3, 0.4) is 0 Å². The predicted octanol–water partition coefficient (Wildman–Crippen LogP) is 3.85. The molecule has 0 saturated heterocycles. The number of benzene rings is 1. The highest BCUT2D eigenvalue weighted by Gasteiger charge is 2.42. The number of rotatable bonds is 6. The fourth-order valence-electron chi connectivity index (χ4n) is 3.22. The van der Waals surface area contributed by atoms with E-state index in [-0.39, 0.29) is 19.4 Å². The quantitative estimate of drug-likeness (QED) is 0.777. The maximum Gasteiger partial charge on any atom is 0.248 e. The van der Waals surface area contributed by atoms with Crippen molar-refractivity contribution in [1.29, 1.82) is 0 Å². The molecule has 1 aliphatic rings. The van der Waals surface area contributed by atoms with Crippen LogP contribution in [0.5, 0.6) is 5.75 Å². The molecule has 1 aromatic carbocycles. The van der Waals surface area contributed by atoms with Crippen LogP contribution in [0.1, 0.15) is 24.1 Å². The molecule has 0 bridgehead atoms. The summed E-state index contributed by atoms with van der Waals surface area (Å²) in [5, 5.41) is 0.906. The SMILES string of the molecule is Cc1cnc(-c2ccc(OC[C@@H]3CC(F)(F)CC[C@@H]3NS(C)(=O)=O)cc2)s1. The molecule has 0 radical (unpaired) electrons. The second kappa shape index (κ2) is 7.81. The van der Waals surface area contributed by atoms with E-state index in [4.69, 9.17) is 4.74 Å². The smallest absolute Gasteiger partial charge is 0.248 e. The monoisotopic (exact) mass is 416 g/mol. The Hall–Kier alpha value is -1.58. The summed E-state index contributed by atoms with van der Waals surface area (Å²) in [5.74, 6) is -2.83. The molecule has 9 heteroatoms. The fourth-order valence-corrected chi connectivity index (χ4v) is 4.85. The van der Waals surface area contributed by atoms with Crippen LogP contribution in [0.4, 0.5) is 8.78 Å². The normalized spacial score (nSPS) is 22.5. The van der Waals surface area contributed by atoms with Crippen molar-refractivity contribution in [2.24, 2.45) is 5.92 Å². The standard InChI is InChI=1S/C18H22F2N2O3S2/c1-12-10-21-17(26-12)13-3-5-15(6-4-13)25-11-14-9-18(19,20)8-7-16(14)22-27(2,23)24/h3-6,10,14,16,22H,7-9,11H2,1-2H3/t14-,16-/m0/s1. The number of ether oxygens (including phenoxy) is 1. The number of aromatic nitrogens is 1. The molecule has 27 heavy (non-hydrogen) atoms. The second-order valence-electron chi connectivity index (χ2n) is 6.97.